The monoisotopic (exact) mass is 278 g/mol. The number of aromatic nitrogens is 1. The van der Waals surface area contributed by atoms with E-state index < -0.39 is 0 Å². The first kappa shape index (κ1) is 13.9. The molecule has 0 amide bonds. The average Bonchev–Trinajstić information content (AvgIpc) is 2.42. The fraction of sp³-hybridized carbons (Fsp3) is 0.400. The summed E-state index contributed by atoms with van der Waals surface area (Å²) in [5.74, 6) is 1.64. The zero-order chi connectivity index (χ0) is 14.0. The summed E-state index contributed by atoms with van der Waals surface area (Å²) in [4.78, 5) is 4.71. The van der Waals surface area contributed by atoms with Crippen LogP contribution in [0.4, 0.5) is 5.82 Å². The molecule has 0 bridgehead atoms. The minimum atomic E-state index is 0.712. The van der Waals surface area contributed by atoms with Crippen molar-refractivity contribution in [2.45, 2.75) is 27.2 Å². The highest BCUT2D eigenvalue weighted by molar-refractivity contribution is 6.32. The van der Waals surface area contributed by atoms with Crippen molar-refractivity contribution in [3.63, 3.8) is 0 Å². The fourth-order valence-corrected chi connectivity index (χ4v) is 2.40. The molecule has 1 heterocycles. The van der Waals surface area contributed by atoms with Gasteiger partial charge in [-0.2, -0.15) is 0 Å². The molecule has 1 aromatic carbocycles. The molecule has 0 atom stereocenters. The van der Waals surface area contributed by atoms with Crippen LogP contribution in [0.2, 0.25) is 5.02 Å². The maximum Gasteiger partial charge on any atom is 0.146 e. The SMILES string of the molecule is CCNc1nc2c(OC)cc(Cl)c(C)c2cc1CC. The predicted molar refractivity (Wildman–Crippen MR) is 81.6 cm³/mol. The van der Waals surface area contributed by atoms with Crippen molar-refractivity contribution in [1.29, 1.82) is 0 Å². The molecule has 1 aromatic heterocycles. The second-order valence-electron chi connectivity index (χ2n) is 4.46. The molecule has 0 unspecified atom stereocenters. The van der Waals surface area contributed by atoms with E-state index in [1.54, 1.807) is 7.11 Å². The van der Waals surface area contributed by atoms with Gasteiger partial charge in [-0.25, -0.2) is 4.98 Å². The van der Waals surface area contributed by atoms with Crippen LogP contribution in [0.1, 0.15) is 25.0 Å². The number of fused-ring (bicyclic) bond motifs is 1. The number of ether oxygens (including phenoxy) is 1. The van der Waals surface area contributed by atoms with Gasteiger partial charge in [-0.1, -0.05) is 18.5 Å². The zero-order valence-corrected chi connectivity index (χ0v) is 12.6. The van der Waals surface area contributed by atoms with Crippen LogP contribution in [-0.2, 0) is 6.42 Å². The largest absolute Gasteiger partial charge is 0.494 e. The number of halogens is 1. The van der Waals surface area contributed by atoms with Gasteiger partial charge in [0, 0.05) is 23.0 Å². The second kappa shape index (κ2) is 5.66. The Hall–Kier alpha value is -1.48. The maximum atomic E-state index is 6.24. The summed E-state index contributed by atoms with van der Waals surface area (Å²) in [6.45, 7) is 7.05. The molecule has 19 heavy (non-hydrogen) atoms. The zero-order valence-electron chi connectivity index (χ0n) is 11.8. The van der Waals surface area contributed by atoms with Crippen molar-refractivity contribution in [2.24, 2.45) is 0 Å². The van der Waals surface area contributed by atoms with Crippen LogP contribution >= 0.6 is 11.6 Å². The molecule has 0 saturated carbocycles. The van der Waals surface area contributed by atoms with Gasteiger partial charge < -0.3 is 10.1 Å². The molecule has 3 nitrogen and oxygen atoms in total. The van der Waals surface area contributed by atoms with Crippen molar-refractivity contribution in [3.8, 4) is 5.75 Å². The Kier molecular flexibility index (Phi) is 4.15. The van der Waals surface area contributed by atoms with Crippen LogP contribution in [0.25, 0.3) is 10.9 Å². The van der Waals surface area contributed by atoms with Gasteiger partial charge in [-0.05, 0) is 37.5 Å². The molecular weight excluding hydrogens is 260 g/mol. The minimum Gasteiger partial charge on any atom is -0.494 e. The Morgan fingerprint density at radius 1 is 1.32 bits per heavy atom. The van der Waals surface area contributed by atoms with Gasteiger partial charge in [0.2, 0.25) is 0 Å². The molecular formula is C15H19ClN2O. The Balaban J connectivity index is 2.79. The summed E-state index contributed by atoms with van der Waals surface area (Å²) in [5.41, 5.74) is 3.10. The highest BCUT2D eigenvalue weighted by atomic mass is 35.5. The van der Waals surface area contributed by atoms with E-state index in [2.05, 4.69) is 25.2 Å². The van der Waals surface area contributed by atoms with E-state index in [-0.39, 0.29) is 0 Å². The number of pyridine rings is 1. The van der Waals surface area contributed by atoms with Crippen molar-refractivity contribution < 1.29 is 4.74 Å². The highest BCUT2D eigenvalue weighted by Gasteiger charge is 2.13. The number of benzene rings is 1. The van der Waals surface area contributed by atoms with Crippen LogP contribution in [0.15, 0.2) is 12.1 Å². The molecule has 0 fully saturated rings. The normalized spacial score (nSPS) is 10.8. The van der Waals surface area contributed by atoms with Crippen LogP contribution < -0.4 is 10.1 Å². The number of aryl methyl sites for hydroxylation is 2. The predicted octanol–water partition coefficient (Wildman–Crippen LogP) is 4.20. The van der Waals surface area contributed by atoms with Gasteiger partial charge in [0.25, 0.3) is 0 Å². The third kappa shape index (κ3) is 2.47. The topological polar surface area (TPSA) is 34.2 Å². The van der Waals surface area contributed by atoms with E-state index in [9.17, 15) is 0 Å². The number of methoxy groups -OCH3 is 1. The lowest BCUT2D eigenvalue weighted by atomic mass is 10.0. The van der Waals surface area contributed by atoms with Crippen molar-refractivity contribution >= 4 is 28.3 Å². The quantitative estimate of drug-likeness (QED) is 0.910. The molecule has 102 valence electrons. The number of nitrogens with zero attached hydrogens (tertiary/aromatic N) is 1. The first-order valence-corrected chi connectivity index (χ1v) is 6.90. The van der Waals surface area contributed by atoms with E-state index in [0.717, 1.165) is 35.2 Å². The molecule has 0 radical (unpaired) electrons. The fourth-order valence-electron chi connectivity index (χ4n) is 2.19. The molecule has 2 rings (SSSR count). The molecule has 4 heteroatoms. The summed E-state index contributed by atoms with van der Waals surface area (Å²) in [7, 11) is 1.64. The standard InChI is InChI=1S/C15H19ClN2O/c1-5-10-7-11-9(3)12(16)8-13(19-4)14(11)18-15(10)17-6-2/h7-8H,5-6H2,1-4H3,(H,17,18). The number of hydrogen-bond acceptors (Lipinski definition) is 3. The van der Waals surface area contributed by atoms with Gasteiger partial charge >= 0.3 is 0 Å². The first-order chi connectivity index (χ1) is 9.12. The van der Waals surface area contributed by atoms with Crippen molar-refractivity contribution in [3.05, 3.63) is 28.3 Å². The summed E-state index contributed by atoms with van der Waals surface area (Å²) in [5, 5.41) is 5.08. The summed E-state index contributed by atoms with van der Waals surface area (Å²) >= 11 is 6.24. The molecule has 0 saturated heterocycles. The lowest BCUT2D eigenvalue weighted by Crippen LogP contribution is -2.04. The first-order valence-electron chi connectivity index (χ1n) is 6.52. The smallest absolute Gasteiger partial charge is 0.146 e. The van der Waals surface area contributed by atoms with E-state index in [0.29, 0.717) is 10.8 Å². The summed E-state index contributed by atoms with van der Waals surface area (Å²) < 4.78 is 5.40. The molecule has 0 aliphatic heterocycles. The second-order valence-corrected chi connectivity index (χ2v) is 4.87. The van der Waals surface area contributed by atoms with E-state index in [1.807, 2.05) is 13.0 Å². The lowest BCUT2D eigenvalue weighted by molar-refractivity contribution is 0.419. The Morgan fingerprint density at radius 2 is 2.05 bits per heavy atom. The molecule has 2 aromatic rings. The third-order valence-corrected chi connectivity index (χ3v) is 3.69. The molecule has 1 N–H and O–H groups in total. The van der Waals surface area contributed by atoms with E-state index in [4.69, 9.17) is 21.3 Å². The van der Waals surface area contributed by atoms with Gasteiger partial charge in [0.1, 0.15) is 17.1 Å². The summed E-state index contributed by atoms with van der Waals surface area (Å²) in [6, 6.07) is 3.98. The van der Waals surface area contributed by atoms with Crippen molar-refractivity contribution in [1.82, 2.24) is 4.98 Å². The third-order valence-electron chi connectivity index (χ3n) is 3.30. The van der Waals surface area contributed by atoms with Crippen LogP contribution in [0.5, 0.6) is 5.75 Å². The maximum absolute atomic E-state index is 6.24. The molecule has 0 aliphatic carbocycles. The number of hydrogen-bond donors (Lipinski definition) is 1. The Morgan fingerprint density at radius 3 is 2.63 bits per heavy atom. The molecule has 0 aliphatic rings. The van der Waals surface area contributed by atoms with E-state index in [1.165, 1.54) is 5.56 Å². The van der Waals surface area contributed by atoms with Gasteiger partial charge in [0.15, 0.2) is 0 Å². The van der Waals surface area contributed by atoms with Crippen LogP contribution in [0.3, 0.4) is 0 Å². The summed E-state index contributed by atoms with van der Waals surface area (Å²) in [6.07, 6.45) is 0.930. The van der Waals surface area contributed by atoms with Crippen molar-refractivity contribution in [2.75, 3.05) is 19.0 Å². The number of rotatable bonds is 4. The Labute approximate surface area is 118 Å². The van der Waals surface area contributed by atoms with Gasteiger partial charge in [-0.3, -0.25) is 0 Å². The minimum absolute atomic E-state index is 0.712. The van der Waals surface area contributed by atoms with Crippen LogP contribution in [-0.4, -0.2) is 18.6 Å². The lowest BCUT2D eigenvalue weighted by Gasteiger charge is -2.14. The van der Waals surface area contributed by atoms with Gasteiger partial charge in [-0.15, -0.1) is 0 Å². The number of nitrogens with one attached hydrogen (secondary N) is 1. The number of anilines is 1. The Bertz CT molecular complexity index is 611. The highest BCUT2D eigenvalue weighted by Crippen LogP contribution is 2.34. The van der Waals surface area contributed by atoms with E-state index >= 15 is 0 Å². The molecule has 0 spiro atoms. The van der Waals surface area contributed by atoms with Gasteiger partial charge in [0.05, 0.1) is 7.11 Å². The average molecular weight is 279 g/mol. The van der Waals surface area contributed by atoms with Crippen LogP contribution in [0, 0.1) is 6.92 Å².